The molecule has 1 rings (SSSR count). The van der Waals surface area contributed by atoms with Crippen molar-refractivity contribution >= 4 is 5.97 Å². The van der Waals surface area contributed by atoms with Crippen LogP contribution in [0.5, 0.6) is 0 Å². The maximum atomic E-state index is 11.2. The van der Waals surface area contributed by atoms with E-state index in [1.54, 1.807) is 19.1 Å². The van der Waals surface area contributed by atoms with Crippen LogP contribution in [0.15, 0.2) is 24.3 Å². The van der Waals surface area contributed by atoms with Crippen molar-refractivity contribution in [2.75, 3.05) is 13.7 Å². The van der Waals surface area contributed by atoms with E-state index in [0.29, 0.717) is 5.56 Å². The zero-order valence-corrected chi connectivity index (χ0v) is 10.3. The molecule has 0 saturated heterocycles. The van der Waals surface area contributed by atoms with E-state index in [1.807, 2.05) is 12.1 Å². The zero-order valence-electron chi connectivity index (χ0n) is 10.3. The van der Waals surface area contributed by atoms with E-state index in [4.69, 9.17) is 5.11 Å². The molecule has 94 valence electrons. The summed E-state index contributed by atoms with van der Waals surface area (Å²) in [7, 11) is 1.37. The van der Waals surface area contributed by atoms with Gasteiger partial charge in [0.15, 0.2) is 0 Å². The molecule has 0 aromatic heterocycles. The number of nitrogens with one attached hydrogen (secondary N) is 1. The number of carbonyl (C=O) groups excluding carboxylic acids is 1. The Kier molecular flexibility index (Phi) is 5.66. The molecule has 0 aliphatic heterocycles. The van der Waals surface area contributed by atoms with Crippen molar-refractivity contribution in [3.63, 3.8) is 0 Å². The van der Waals surface area contributed by atoms with E-state index in [-0.39, 0.29) is 12.1 Å². The molecule has 0 spiro atoms. The Morgan fingerprint density at radius 3 is 2.59 bits per heavy atom. The largest absolute Gasteiger partial charge is 0.465 e. The van der Waals surface area contributed by atoms with Crippen LogP contribution in [0.3, 0.4) is 0 Å². The van der Waals surface area contributed by atoms with Crippen molar-refractivity contribution in [2.24, 2.45) is 0 Å². The van der Waals surface area contributed by atoms with Gasteiger partial charge in [-0.1, -0.05) is 12.1 Å². The lowest BCUT2D eigenvalue weighted by Gasteiger charge is -2.07. The van der Waals surface area contributed by atoms with Crippen LogP contribution < -0.4 is 5.32 Å². The van der Waals surface area contributed by atoms with Gasteiger partial charge in [-0.05, 0) is 37.6 Å². The van der Waals surface area contributed by atoms with Crippen molar-refractivity contribution in [3.05, 3.63) is 35.4 Å². The fourth-order valence-corrected chi connectivity index (χ4v) is 1.42. The second-order valence-corrected chi connectivity index (χ2v) is 4.00. The molecule has 17 heavy (non-hydrogen) atoms. The van der Waals surface area contributed by atoms with Gasteiger partial charge in [0, 0.05) is 6.54 Å². The van der Waals surface area contributed by atoms with Crippen LogP contribution in [0.4, 0.5) is 0 Å². The molecule has 0 bridgehead atoms. The van der Waals surface area contributed by atoms with Crippen LogP contribution >= 0.6 is 0 Å². The summed E-state index contributed by atoms with van der Waals surface area (Å²) in [5.41, 5.74) is 1.66. The minimum atomic E-state index is -0.321. The molecule has 4 nitrogen and oxygen atoms in total. The highest BCUT2D eigenvalue weighted by Crippen LogP contribution is 2.05. The van der Waals surface area contributed by atoms with Crippen LogP contribution in [-0.4, -0.2) is 30.8 Å². The van der Waals surface area contributed by atoms with Gasteiger partial charge in [0.05, 0.1) is 18.8 Å². The number of rotatable bonds is 6. The first-order valence-electron chi connectivity index (χ1n) is 5.69. The molecule has 1 atom stereocenters. The predicted molar refractivity (Wildman–Crippen MR) is 65.8 cm³/mol. The Hall–Kier alpha value is -1.39. The summed E-state index contributed by atoms with van der Waals surface area (Å²) in [6, 6.07) is 7.28. The third-order valence-electron chi connectivity index (χ3n) is 2.44. The molecule has 1 aromatic carbocycles. The second-order valence-electron chi connectivity index (χ2n) is 4.00. The van der Waals surface area contributed by atoms with E-state index in [0.717, 1.165) is 25.1 Å². The lowest BCUT2D eigenvalue weighted by molar-refractivity contribution is 0.0600. The summed E-state index contributed by atoms with van der Waals surface area (Å²) < 4.78 is 4.62. The maximum Gasteiger partial charge on any atom is 0.337 e. The average Bonchev–Trinajstić information content (AvgIpc) is 2.34. The van der Waals surface area contributed by atoms with Crippen LogP contribution in [-0.2, 0) is 11.3 Å². The van der Waals surface area contributed by atoms with Crippen molar-refractivity contribution in [2.45, 2.75) is 26.0 Å². The lowest BCUT2D eigenvalue weighted by atomic mass is 10.1. The maximum absolute atomic E-state index is 11.2. The molecule has 4 heteroatoms. The Morgan fingerprint density at radius 1 is 1.41 bits per heavy atom. The first-order chi connectivity index (χ1) is 8.13. The number of esters is 1. The number of methoxy groups -OCH3 is 1. The Balaban J connectivity index is 2.38. The quantitative estimate of drug-likeness (QED) is 0.579. The van der Waals surface area contributed by atoms with Crippen LogP contribution in [0.1, 0.15) is 29.3 Å². The molecule has 0 aliphatic rings. The molecule has 2 N–H and O–H groups in total. The third-order valence-corrected chi connectivity index (χ3v) is 2.44. The standard InChI is InChI=1S/C13H19NO3/c1-10(15)7-8-14-9-11-3-5-12(6-4-11)13(16)17-2/h3-6,10,14-15H,7-9H2,1-2H3. The summed E-state index contributed by atoms with van der Waals surface area (Å²) in [6.45, 7) is 3.28. The van der Waals surface area contributed by atoms with E-state index in [1.165, 1.54) is 7.11 Å². The number of carbonyl (C=O) groups is 1. The molecule has 1 aromatic rings. The summed E-state index contributed by atoms with van der Waals surface area (Å²) in [4.78, 5) is 11.2. The topological polar surface area (TPSA) is 58.6 Å². The van der Waals surface area contributed by atoms with E-state index in [9.17, 15) is 4.79 Å². The molecule has 0 aliphatic carbocycles. The van der Waals surface area contributed by atoms with Crippen molar-refractivity contribution in [3.8, 4) is 0 Å². The molecular formula is C13H19NO3. The average molecular weight is 237 g/mol. The fraction of sp³-hybridized carbons (Fsp3) is 0.462. The van der Waals surface area contributed by atoms with Crippen molar-refractivity contribution < 1.29 is 14.6 Å². The lowest BCUT2D eigenvalue weighted by Crippen LogP contribution is -2.18. The minimum absolute atomic E-state index is 0.274. The Bertz CT molecular complexity index is 346. The van der Waals surface area contributed by atoms with Gasteiger partial charge < -0.3 is 15.2 Å². The normalized spacial score (nSPS) is 12.2. The number of ether oxygens (including phenoxy) is 1. The zero-order chi connectivity index (χ0) is 12.7. The molecule has 0 amide bonds. The summed E-state index contributed by atoms with van der Waals surface area (Å²) in [5, 5.41) is 12.3. The van der Waals surface area contributed by atoms with Gasteiger partial charge in [0.1, 0.15) is 0 Å². The predicted octanol–water partition coefficient (Wildman–Crippen LogP) is 1.33. The first-order valence-corrected chi connectivity index (χ1v) is 5.69. The van der Waals surface area contributed by atoms with Crippen molar-refractivity contribution in [1.82, 2.24) is 5.32 Å². The number of hydrogen-bond donors (Lipinski definition) is 2. The second kappa shape index (κ2) is 7.04. The Morgan fingerprint density at radius 2 is 2.06 bits per heavy atom. The van der Waals surface area contributed by atoms with E-state index in [2.05, 4.69) is 10.1 Å². The minimum Gasteiger partial charge on any atom is -0.465 e. The third kappa shape index (κ3) is 4.97. The molecule has 0 radical (unpaired) electrons. The van der Waals surface area contributed by atoms with E-state index >= 15 is 0 Å². The van der Waals surface area contributed by atoms with Gasteiger partial charge in [-0.3, -0.25) is 0 Å². The van der Waals surface area contributed by atoms with Gasteiger partial charge >= 0.3 is 5.97 Å². The van der Waals surface area contributed by atoms with Crippen molar-refractivity contribution in [1.29, 1.82) is 0 Å². The highest BCUT2D eigenvalue weighted by molar-refractivity contribution is 5.89. The Labute approximate surface area is 102 Å². The molecule has 0 heterocycles. The molecule has 0 fully saturated rings. The highest BCUT2D eigenvalue weighted by Gasteiger charge is 2.03. The smallest absolute Gasteiger partial charge is 0.337 e. The highest BCUT2D eigenvalue weighted by atomic mass is 16.5. The van der Waals surface area contributed by atoms with Crippen LogP contribution in [0.25, 0.3) is 0 Å². The number of benzene rings is 1. The summed E-state index contributed by atoms with van der Waals surface area (Å²) in [6.07, 6.45) is 0.462. The number of aliphatic hydroxyl groups excluding tert-OH is 1. The van der Waals surface area contributed by atoms with Crippen LogP contribution in [0, 0.1) is 0 Å². The van der Waals surface area contributed by atoms with Gasteiger partial charge in [-0.15, -0.1) is 0 Å². The molecule has 1 unspecified atom stereocenters. The number of hydrogen-bond acceptors (Lipinski definition) is 4. The number of aliphatic hydroxyl groups is 1. The van der Waals surface area contributed by atoms with Gasteiger partial charge in [0.2, 0.25) is 0 Å². The SMILES string of the molecule is COC(=O)c1ccc(CNCCC(C)O)cc1. The summed E-state index contributed by atoms with van der Waals surface area (Å²) >= 11 is 0. The summed E-state index contributed by atoms with van der Waals surface area (Å²) in [5.74, 6) is -0.321. The fourth-order valence-electron chi connectivity index (χ4n) is 1.42. The van der Waals surface area contributed by atoms with Gasteiger partial charge in [-0.25, -0.2) is 4.79 Å². The van der Waals surface area contributed by atoms with E-state index < -0.39 is 0 Å². The van der Waals surface area contributed by atoms with Crippen LogP contribution in [0.2, 0.25) is 0 Å². The molecule has 0 saturated carbocycles. The van der Waals surface area contributed by atoms with Gasteiger partial charge in [-0.2, -0.15) is 0 Å². The van der Waals surface area contributed by atoms with Gasteiger partial charge in [0.25, 0.3) is 0 Å². The monoisotopic (exact) mass is 237 g/mol. The molecular weight excluding hydrogens is 218 g/mol. The first kappa shape index (κ1) is 13.7.